The number of aliphatic hydroxyl groups is 1. The highest BCUT2D eigenvalue weighted by Gasteiger charge is 2.46. The number of amides is 1. The number of nitrogens with zero attached hydrogens (tertiary/aromatic N) is 2. The Morgan fingerprint density at radius 2 is 1.92 bits per heavy atom. The van der Waals surface area contributed by atoms with Gasteiger partial charge in [-0.2, -0.15) is 10.1 Å². The van der Waals surface area contributed by atoms with E-state index in [1.807, 2.05) is 6.92 Å². The summed E-state index contributed by atoms with van der Waals surface area (Å²) < 4.78 is 0. The zero-order valence-corrected chi connectivity index (χ0v) is 13.9. The molecule has 1 aliphatic rings. The molecule has 6 heteroatoms. The molecule has 1 amide bonds. The minimum atomic E-state index is -1.60. The molecule has 24 heavy (non-hydrogen) atoms. The van der Waals surface area contributed by atoms with Crippen molar-refractivity contribution in [2.75, 3.05) is 0 Å². The Hall–Kier alpha value is -2.37. The van der Waals surface area contributed by atoms with Crippen molar-refractivity contribution in [1.29, 1.82) is 0 Å². The molecule has 2 N–H and O–H groups in total. The maximum atomic E-state index is 12.9. The van der Waals surface area contributed by atoms with Crippen LogP contribution in [0, 0.1) is 0 Å². The lowest BCUT2D eigenvalue weighted by Gasteiger charge is -2.31. The molecule has 0 saturated carbocycles. The van der Waals surface area contributed by atoms with E-state index in [1.165, 1.54) is 12.1 Å². The number of phenolic OH excluding ortho intramolecular Hbond substituents is 1. The average molecular weight is 345 g/mol. The fraction of sp³-hybridized carbons (Fsp3) is 0.222. The molecule has 0 saturated heterocycles. The molecule has 0 unspecified atom stereocenters. The topological polar surface area (TPSA) is 73.1 Å². The van der Waals surface area contributed by atoms with Gasteiger partial charge < -0.3 is 10.2 Å². The first kappa shape index (κ1) is 16.5. The molecule has 3 rings (SSSR count). The Labute approximate surface area is 144 Å². The predicted molar refractivity (Wildman–Crippen MR) is 92.0 cm³/mol. The van der Waals surface area contributed by atoms with Gasteiger partial charge in [0.05, 0.1) is 5.56 Å². The molecule has 0 aliphatic carbocycles. The monoisotopic (exact) mass is 344 g/mol. The fourth-order valence-electron chi connectivity index (χ4n) is 2.74. The number of hydrogen-bond acceptors (Lipinski definition) is 4. The summed E-state index contributed by atoms with van der Waals surface area (Å²) in [4.78, 5) is 12.9. The van der Waals surface area contributed by atoms with Crippen LogP contribution in [-0.4, -0.2) is 26.8 Å². The number of benzene rings is 2. The molecule has 124 valence electrons. The van der Waals surface area contributed by atoms with E-state index < -0.39 is 11.6 Å². The average Bonchev–Trinajstić information content (AvgIpc) is 2.93. The van der Waals surface area contributed by atoms with Crippen molar-refractivity contribution in [1.82, 2.24) is 5.01 Å². The fourth-order valence-corrected chi connectivity index (χ4v) is 2.86. The van der Waals surface area contributed by atoms with Gasteiger partial charge in [0.1, 0.15) is 5.75 Å². The zero-order valence-electron chi connectivity index (χ0n) is 13.1. The van der Waals surface area contributed by atoms with E-state index >= 15 is 0 Å². The largest absolute Gasteiger partial charge is 0.507 e. The Balaban J connectivity index is 2.05. The maximum Gasteiger partial charge on any atom is 0.280 e. The number of para-hydroxylation sites is 1. The van der Waals surface area contributed by atoms with E-state index in [1.54, 1.807) is 36.4 Å². The zero-order chi connectivity index (χ0) is 17.3. The van der Waals surface area contributed by atoms with Crippen LogP contribution in [0.1, 0.15) is 35.7 Å². The van der Waals surface area contributed by atoms with Gasteiger partial charge in [0.25, 0.3) is 5.91 Å². The molecular weight excluding hydrogens is 328 g/mol. The van der Waals surface area contributed by atoms with Crippen LogP contribution in [0.3, 0.4) is 0 Å². The SMILES string of the molecule is CCC1=NN(C(=O)c2ccccc2O)[C@](O)(c2ccc(Cl)cc2)C1. The Kier molecular flexibility index (Phi) is 4.30. The lowest BCUT2D eigenvalue weighted by molar-refractivity contribution is -0.0766. The van der Waals surface area contributed by atoms with Crippen LogP contribution in [0.2, 0.25) is 5.02 Å². The minimum Gasteiger partial charge on any atom is -0.507 e. The quantitative estimate of drug-likeness (QED) is 0.895. The van der Waals surface area contributed by atoms with Gasteiger partial charge in [0.2, 0.25) is 0 Å². The first-order chi connectivity index (χ1) is 11.5. The van der Waals surface area contributed by atoms with Crippen LogP contribution in [-0.2, 0) is 5.72 Å². The van der Waals surface area contributed by atoms with Gasteiger partial charge in [-0.1, -0.05) is 42.8 Å². The molecule has 1 aliphatic heterocycles. The Morgan fingerprint density at radius 3 is 2.54 bits per heavy atom. The van der Waals surface area contributed by atoms with E-state index in [-0.39, 0.29) is 17.7 Å². The number of phenols is 1. The van der Waals surface area contributed by atoms with Gasteiger partial charge >= 0.3 is 0 Å². The van der Waals surface area contributed by atoms with Gasteiger partial charge in [-0.25, -0.2) is 0 Å². The minimum absolute atomic E-state index is 0.0889. The molecular formula is C18H17ClN2O3. The van der Waals surface area contributed by atoms with E-state index in [2.05, 4.69) is 5.10 Å². The van der Waals surface area contributed by atoms with E-state index in [4.69, 9.17) is 11.6 Å². The lowest BCUT2D eigenvalue weighted by Crippen LogP contribution is -2.43. The maximum absolute atomic E-state index is 12.9. The van der Waals surface area contributed by atoms with Gasteiger partial charge in [-0.15, -0.1) is 0 Å². The van der Waals surface area contributed by atoms with Crippen LogP contribution in [0.4, 0.5) is 0 Å². The summed E-state index contributed by atoms with van der Waals surface area (Å²) in [5, 5.41) is 27.0. The molecule has 0 fully saturated rings. The highest BCUT2D eigenvalue weighted by Crippen LogP contribution is 2.38. The smallest absolute Gasteiger partial charge is 0.280 e. The van der Waals surface area contributed by atoms with Crippen molar-refractivity contribution in [2.45, 2.75) is 25.5 Å². The highest BCUT2D eigenvalue weighted by atomic mass is 35.5. The number of hydrogen-bond donors (Lipinski definition) is 2. The molecule has 1 atom stereocenters. The summed E-state index contributed by atoms with van der Waals surface area (Å²) >= 11 is 5.91. The second kappa shape index (κ2) is 6.26. The second-order valence-electron chi connectivity index (χ2n) is 5.65. The first-order valence-electron chi connectivity index (χ1n) is 7.63. The normalized spacial score (nSPS) is 20.1. The van der Waals surface area contributed by atoms with Crippen molar-refractivity contribution in [2.24, 2.45) is 5.10 Å². The van der Waals surface area contributed by atoms with Crippen molar-refractivity contribution in [3.63, 3.8) is 0 Å². The number of hydrazone groups is 1. The summed E-state index contributed by atoms with van der Waals surface area (Å²) in [6.07, 6.45) is 0.824. The van der Waals surface area contributed by atoms with Crippen LogP contribution in [0.5, 0.6) is 5.75 Å². The van der Waals surface area contributed by atoms with Gasteiger partial charge in [0.15, 0.2) is 5.72 Å². The summed E-state index contributed by atoms with van der Waals surface area (Å²) in [6, 6.07) is 12.8. The standard InChI is InChI=1S/C18H17ClN2O3/c1-2-14-11-18(24,12-7-9-13(19)10-8-12)21(20-14)17(23)15-5-3-4-6-16(15)22/h3-10,22,24H,2,11H2,1H3/t18-/m1/s1. The van der Waals surface area contributed by atoms with Crippen LogP contribution in [0.25, 0.3) is 0 Å². The van der Waals surface area contributed by atoms with E-state index in [0.29, 0.717) is 22.7 Å². The van der Waals surface area contributed by atoms with Crippen LogP contribution >= 0.6 is 11.6 Å². The number of halogens is 1. The molecule has 0 aromatic heterocycles. The highest BCUT2D eigenvalue weighted by molar-refractivity contribution is 6.30. The molecule has 0 bridgehead atoms. The second-order valence-corrected chi connectivity index (χ2v) is 6.09. The van der Waals surface area contributed by atoms with Crippen molar-refractivity contribution < 1.29 is 15.0 Å². The molecule has 1 heterocycles. The van der Waals surface area contributed by atoms with Crippen LogP contribution < -0.4 is 0 Å². The molecule has 5 nitrogen and oxygen atoms in total. The number of aromatic hydroxyl groups is 1. The van der Waals surface area contributed by atoms with Crippen molar-refractivity contribution >= 4 is 23.2 Å². The number of carbonyl (C=O) groups is 1. The third-order valence-corrected chi connectivity index (χ3v) is 4.34. The molecule has 2 aromatic carbocycles. The lowest BCUT2D eigenvalue weighted by atomic mass is 9.96. The summed E-state index contributed by atoms with van der Waals surface area (Å²) in [7, 11) is 0. The third kappa shape index (κ3) is 2.77. The van der Waals surface area contributed by atoms with Crippen LogP contribution in [0.15, 0.2) is 53.6 Å². The van der Waals surface area contributed by atoms with Crippen molar-refractivity contribution in [3.8, 4) is 5.75 Å². The third-order valence-electron chi connectivity index (χ3n) is 4.08. The first-order valence-corrected chi connectivity index (χ1v) is 8.01. The predicted octanol–water partition coefficient (Wildman–Crippen LogP) is 3.50. The Morgan fingerprint density at radius 1 is 1.25 bits per heavy atom. The Bertz CT molecular complexity index is 804. The summed E-state index contributed by atoms with van der Waals surface area (Å²) in [5.74, 6) is -0.713. The number of rotatable bonds is 3. The van der Waals surface area contributed by atoms with Gasteiger partial charge in [0, 0.05) is 22.7 Å². The van der Waals surface area contributed by atoms with Crippen molar-refractivity contribution in [3.05, 3.63) is 64.7 Å². The van der Waals surface area contributed by atoms with E-state index in [0.717, 1.165) is 5.01 Å². The van der Waals surface area contributed by atoms with E-state index in [9.17, 15) is 15.0 Å². The molecule has 0 spiro atoms. The van der Waals surface area contributed by atoms with Gasteiger partial charge in [-0.05, 0) is 30.7 Å². The summed E-state index contributed by atoms with van der Waals surface area (Å²) in [6.45, 7) is 1.91. The molecule has 2 aromatic rings. The number of carbonyl (C=O) groups excluding carboxylic acids is 1. The summed E-state index contributed by atoms with van der Waals surface area (Å²) in [5.41, 5.74) is -0.292. The molecule has 0 radical (unpaired) electrons. The van der Waals surface area contributed by atoms with Gasteiger partial charge in [-0.3, -0.25) is 4.79 Å².